The minimum Gasteiger partial charge on any atom is -0.491 e. The first kappa shape index (κ1) is 33.1. The number of anilines is 1. The summed E-state index contributed by atoms with van der Waals surface area (Å²) in [6, 6.07) is 7.48. The molecule has 216 valence electrons. The molecule has 1 amide bonds. The Morgan fingerprint density at radius 3 is 2.21 bits per heavy atom. The fourth-order valence-corrected chi connectivity index (χ4v) is 3.73. The van der Waals surface area contributed by atoms with E-state index in [1.807, 2.05) is 31.2 Å². The van der Waals surface area contributed by atoms with Crippen LogP contribution in [0, 0.1) is 0 Å². The molecule has 0 saturated carbocycles. The lowest BCUT2D eigenvalue weighted by Gasteiger charge is -2.26. The number of rotatable bonds is 15. The van der Waals surface area contributed by atoms with Crippen molar-refractivity contribution in [1.82, 2.24) is 4.90 Å². The topological polar surface area (TPSA) is 144 Å². The minimum absolute atomic E-state index is 0.340. The molecule has 11 nitrogen and oxygen atoms in total. The summed E-state index contributed by atoms with van der Waals surface area (Å²) in [6.07, 6.45) is 7.34. The van der Waals surface area contributed by atoms with E-state index in [1.165, 1.54) is 25.7 Å². The van der Waals surface area contributed by atoms with Gasteiger partial charge in [0.1, 0.15) is 11.9 Å². The molecular formula is C27H44N2O9. The number of likely N-dealkylation sites (tertiary alicyclic amines) is 1. The number of ether oxygens (including phenoxy) is 4. The molecule has 1 aliphatic rings. The first-order valence-electron chi connectivity index (χ1n) is 13.4. The highest BCUT2D eigenvalue weighted by atomic mass is 16.6. The highest BCUT2D eigenvalue weighted by molar-refractivity contribution is 6.27. The molecule has 0 aromatic heterocycles. The number of carbonyl (C=O) groups excluding carboxylic acids is 1. The smallest absolute Gasteiger partial charge is 0.414 e. The molecule has 1 aromatic rings. The van der Waals surface area contributed by atoms with E-state index in [2.05, 4.69) is 17.1 Å². The first-order chi connectivity index (χ1) is 18.4. The van der Waals surface area contributed by atoms with E-state index in [9.17, 15) is 4.79 Å². The number of unbranched alkanes of at least 4 members (excludes halogenated alkanes) is 2. The Labute approximate surface area is 225 Å². The quantitative estimate of drug-likeness (QED) is 0.218. The standard InChI is InChI=1S/C25H42N2O5.C2H2O4/c1-3-5-12-17-31-24-14-9-8-13-23(24)26-25(28)32-22(21-30-19-18-29-4-2)20-27-15-10-6-7-11-16-27;3-1(4)2(5)6/h8-9,13-14,22H,3-7,10-12,15-21H2,1-2H3,(H,26,28);(H,3,4)(H,5,6). The number of para-hydroxylation sites is 2. The van der Waals surface area contributed by atoms with Crippen molar-refractivity contribution in [2.75, 3.05) is 58.0 Å². The molecule has 0 bridgehead atoms. The second-order valence-electron chi connectivity index (χ2n) is 8.80. The largest absolute Gasteiger partial charge is 0.491 e. The number of hydrogen-bond acceptors (Lipinski definition) is 8. The van der Waals surface area contributed by atoms with Crippen LogP contribution in [0.4, 0.5) is 10.5 Å². The van der Waals surface area contributed by atoms with Crippen LogP contribution >= 0.6 is 0 Å². The predicted octanol–water partition coefficient (Wildman–Crippen LogP) is 4.26. The van der Waals surface area contributed by atoms with Crippen molar-refractivity contribution in [3.05, 3.63) is 24.3 Å². The third-order valence-corrected chi connectivity index (χ3v) is 5.63. The van der Waals surface area contributed by atoms with Gasteiger partial charge in [-0.25, -0.2) is 14.4 Å². The molecule has 2 rings (SSSR count). The summed E-state index contributed by atoms with van der Waals surface area (Å²) in [7, 11) is 0. The average molecular weight is 541 g/mol. The molecule has 3 N–H and O–H groups in total. The molecule has 1 unspecified atom stereocenters. The zero-order valence-electron chi connectivity index (χ0n) is 22.7. The Hall–Kier alpha value is -2.89. The molecule has 1 fully saturated rings. The Balaban J connectivity index is 0.00000107. The van der Waals surface area contributed by atoms with Crippen molar-refractivity contribution in [2.24, 2.45) is 0 Å². The summed E-state index contributed by atoms with van der Waals surface area (Å²) in [4.78, 5) is 33.3. The molecule has 1 aliphatic heterocycles. The molecule has 1 aromatic carbocycles. The summed E-state index contributed by atoms with van der Waals surface area (Å²) in [5, 5.41) is 17.6. The number of nitrogens with zero attached hydrogens (tertiary/aromatic N) is 1. The van der Waals surface area contributed by atoms with E-state index in [0.717, 1.165) is 32.4 Å². The van der Waals surface area contributed by atoms with Crippen LogP contribution in [-0.2, 0) is 23.8 Å². The van der Waals surface area contributed by atoms with Crippen molar-refractivity contribution in [1.29, 1.82) is 0 Å². The number of carboxylic acids is 2. The normalized spacial score (nSPS) is 14.4. The van der Waals surface area contributed by atoms with Crippen LogP contribution < -0.4 is 10.1 Å². The zero-order valence-corrected chi connectivity index (χ0v) is 22.7. The third kappa shape index (κ3) is 16.1. The van der Waals surface area contributed by atoms with E-state index in [1.54, 1.807) is 0 Å². The van der Waals surface area contributed by atoms with Gasteiger partial charge in [-0.3, -0.25) is 10.2 Å². The highest BCUT2D eigenvalue weighted by Crippen LogP contribution is 2.24. The number of nitrogens with one attached hydrogen (secondary N) is 1. The molecule has 0 spiro atoms. The van der Waals surface area contributed by atoms with Gasteiger partial charge in [-0.05, 0) is 51.4 Å². The maximum Gasteiger partial charge on any atom is 0.414 e. The predicted molar refractivity (Wildman–Crippen MR) is 143 cm³/mol. The lowest BCUT2D eigenvalue weighted by atomic mass is 10.2. The van der Waals surface area contributed by atoms with Crippen LogP contribution in [0.15, 0.2) is 24.3 Å². The van der Waals surface area contributed by atoms with Crippen LogP contribution in [0.3, 0.4) is 0 Å². The van der Waals surface area contributed by atoms with Gasteiger partial charge in [-0.15, -0.1) is 0 Å². The van der Waals surface area contributed by atoms with Gasteiger partial charge in [0.2, 0.25) is 0 Å². The average Bonchev–Trinajstić information content (AvgIpc) is 3.16. The van der Waals surface area contributed by atoms with Crippen molar-refractivity contribution >= 4 is 23.7 Å². The van der Waals surface area contributed by atoms with E-state index in [-0.39, 0.29) is 6.10 Å². The monoisotopic (exact) mass is 540 g/mol. The molecular weight excluding hydrogens is 496 g/mol. The fourth-order valence-electron chi connectivity index (χ4n) is 3.73. The molecule has 38 heavy (non-hydrogen) atoms. The molecule has 1 heterocycles. The highest BCUT2D eigenvalue weighted by Gasteiger charge is 2.21. The van der Waals surface area contributed by atoms with Gasteiger partial charge in [0, 0.05) is 13.2 Å². The second kappa shape index (κ2) is 21.1. The Kier molecular flexibility index (Phi) is 18.4. The van der Waals surface area contributed by atoms with Gasteiger partial charge in [0.15, 0.2) is 0 Å². The number of carboxylic acid groups (broad SMARTS) is 2. The minimum atomic E-state index is -1.82. The summed E-state index contributed by atoms with van der Waals surface area (Å²) < 4.78 is 22.7. The summed E-state index contributed by atoms with van der Waals surface area (Å²) in [6.45, 7) is 9.56. The number of hydrogen-bond donors (Lipinski definition) is 3. The van der Waals surface area contributed by atoms with E-state index >= 15 is 0 Å². The van der Waals surface area contributed by atoms with E-state index < -0.39 is 18.0 Å². The fraction of sp³-hybridized carbons (Fsp3) is 0.667. The number of amides is 1. The number of carbonyl (C=O) groups is 3. The van der Waals surface area contributed by atoms with Crippen molar-refractivity contribution in [2.45, 2.75) is 64.9 Å². The molecule has 11 heteroatoms. The van der Waals surface area contributed by atoms with Gasteiger partial charge < -0.3 is 29.2 Å². The van der Waals surface area contributed by atoms with Crippen LogP contribution in [0.5, 0.6) is 5.75 Å². The van der Waals surface area contributed by atoms with Crippen molar-refractivity contribution in [3.8, 4) is 5.75 Å². The van der Waals surface area contributed by atoms with Crippen LogP contribution in [0.2, 0.25) is 0 Å². The van der Waals surface area contributed by atoms with E-state index in [0.29, 0.717) is 51.0 Å². The van der Waals surface area contributed by atoms with Gasteiger partial charge in [-0.1, -0.05) is 44.7 Å². The Bertz CT molecular complexity index is 787. The lowest BCUT2D eigenvalue weighted by Crippen LogP contribution is -2.39. The maximum atomic E-state index is 12.7. The Morgan fingerprint density at radius 2 is 1.58 bits per heavy atom. The Morgan fingerprint density at radius 1 is 0.921 bits per heavy atom. The summed E-state index contributed by atoms with van der Waals surface area (Å²) >= 11 is 0. The number of aliphatic carboxylic acids is 2. The summed E-state index contributed by atoms with van der Waals surface area (Å²) in [5.41, 5.74) is 0.625. The lowest BCUT2D eigenvalue weighted by molar-refractivity contribution is -0.159. The number of benzene rings is 1. The third-order valence-electron chi connectivity index (χ3n) is 5.63. The first-order valence-corrected chi connectivity index (χ1v) is 13.4. The van der Waals surface area contributed by atoms with Crippen LogP contribution in [0.1, 0.15) is 58.8 Å². The second-order valence-corrected chi connectivity index (χ2v) is 8.80. The summed E-state index contributed by atoms with van der Waals surface area (Å²) in [5.74, 6) is -2.98. The zero-order chi connectivity index (χ0) is 28.0. The maximum absolute atomic E-state index is 12.7. The molecule has 0 aliphatic carbocycles. The van der Waals surface area contributed by atoms with Gasteiger partial charge in [0.25, 0.3) is 0 Å². The van der Waals surface area contributed by atoms with Gasteiger partial charge >= 0.3 is 18.0 Å². The van der Waals surface area contributed by atoms with Crippen molar-refractivity contribution < 1.29 is 43.5 Å². The molecule has 1 atom stereocenters. The van der Waals surface area contributed by atoms with Gasteiger partial charge in [0.05, 0.1) is 32.1 Å². The molecule has 0 radical (unpaired) electrons. The van der Waals surface area contributed by atoms with Gasteiger partial charge in [-0.2, -0.15) is 0 Å². The van der Waals surface area contributed by atoms with Crippen LogP contribution in [-0.4, -0.2) is 91.9 Å². The van der Waals surface area contributed by atoms with Crippen LogP contribution in [0.25, 0.3) is 0 Å². The molecule has 1 saturated heterocycles. The SMILES string of the molecule is CCCCCOc1ccccc1NC(=O)OC(COCCOCC)CN1CCCCCC1.O=C(O)C(=O)O. The van der Waals surface area contributed by atoms with E-state index in [4.69, 9.17) is 38.7 Å². The van der Waals surface area contributed by atoms with Crippen molar-refractivity contribution in [3.63, 3.8) is 0 Å².